The number of hydrogen-bond acceptors (Lipinski definition) is 9. The highest BCUT2D eigenvalue weighted by molar-refractivity contribution is 8.01. The molecule has 0 saturated carbocycles. The Labute approximate surface area is 213 Å². The zero-order valence-corrected chi connectivity index (χ0v) is 21.1. The predicted octanol–water partition coefficient (Wildman–Crippen LogP) is 3.66. The molecule has 0 bridgehead atoms. The van der Waals surface area contributed by atoms with Gasteiger partial charge in [0, 0.05) is 38.0 Å². The van der Waals surface area contributed by atoms with Gasteiger partial charge in [-0.1, -0.05) is 46.2 Å². The summed E-state index contributed by atoms with van der Waals surface area (Å²) in [7, 11) is 0. The van der Waals surface area contributed by atoms with Crippen LogP contribution in [0.2, 0.25) is 10.0 Å². The molecule has 0 aliphatic carbocycles. The highest BCUT2D eigenvalue weighted by Gasteiger charge is 2.31. The van der Waals surface area contributed by atoms with E-state index >= 15 is 0 Å². The number of thiazole rings is 1. The maximum Gasteiger partial charge on any atom is 0.270 e. The molecule has 9 nitrogen and oxygen atoms in total. The number of amides is 2. The van der Waals surface area contributed by atoms with Gasteiger partial charge in [-0.2, -0.15) is 0 Å². The number of hydrogen-bond donors (Lipinski definition) is 2. The molecule has 4 rings (SSSR count). The third-order valence-electron chi connectivity index (χ3n) is 4.98. The van der Waals surface area contributed by atoms with Crippen LogP contribution in [0.15, 0.2) is 38.5 Å². The Morgan fingerprint density at radius 1 is 1.35 bits per heavy atom. The van der Waals surface area contributed by atoms with Crippen LogP contribution in [-0.2, 0) is 16.1 Å². The number of carbonyl (C=O) groups is 2. The SMILES string of the molecule is CC(=O)N[C@@H](Sc1nc(-c2cc(C(N)=O)no2)cs1)[C@@H]1CN(Cc2ccc(Cl)c(Cl)c2)CCO1. The Morgan fingerprint density at radius 3 is 2.88 bits per heavy atom. The lowest BCUT2D eigenvalue weighted by atomic mass is 10.2. The Balaban J connectivity index is 1.44. The zero-order chi connectivity index (χ0) is 24.2. The van der Waals surface area contributed by atoms with Gasteiger partial charge in [0.1, 0.15) is 17.2 Å². The number of nitrogens with one attached hydrogen (secondary N) is 1. The second kappa shape index (κ2) is 11.1. The van der Waals surface area contributed by atoms with Crippen LogP contribution in [0.3, 0.4) is 0 Å². The average Bonchev–Trinajstić information content (AvgIpc) is 3.46. The Hall–Kier alpha value is -2.15. The first-order chi connectivity index (χ1) is 16.3. The van der Waals surface area contributed by atoms with Gasteiger partial charge < -0.3 is 20.3 Å². The molecule has 1 aliphatic heterocycles. The van der Waals surface area contributed by atoms with Crippen molar-refractivity contribution < 1.29 is 18.8 Å². The molecule has 1 aliphatic rings. The maximum absolute atomic E-state index is 11.9. The van der Waals surface area contributed by atoms with E-state index in [0.717, 1.165) is 12.1 Å². The fraction of sp³-hybridized carbons (Fsp3) is 0.333. The van der Waals surface area contributed by atoms with Crippen molar-refractivity contribution in [2.75, 3.05) is 19.7 Å². The molecule has 0 spiro atoms. The summed E-state index contributed by atoms with van der Waals surface area (Å²) in [6.07, 6.45) is -0.260. The summed E-state index contributed by atoms with van der Waals surface area (Å²) in [6, 6.07) is 7.04. The van der Waals surface area contributed by atoms with Gasteiger partial charge in [-0.05, 0) is 17.7 Å². The number of benzene rings is 1. The minimum absolute atomic E-state index is 0.0333. The lowest BCUT2D eigenvalue weighted by molar-refractivity contribution is -0.120. The highest BCUT2D eigenvalue weighted by Crippen LogP contribution is 2.33. The number of carbonyl (C=O) groups excluding carboxylic acids is 2. The lowest BCUT2D eigenvalue weighted by Gasteiger charge is -2.36. The number of nitrogens with two attached hydrogens (primary N) is 1. The number of rotatable bonds is 8. The molecule has 13 heteroatoms. The molecule has 0 unspecified atom stereocenters. The molecule has 2 atom stereocenters. The van der Waals surface area contributed by atoms with Crippen LogP contribution in [0.4, 0.5) is 0 Å². The van der Waals surface area contributed by atoms with Gasteiger partial charge in [0.05, 0.1) is 16.7 Å². The molecule has 3 heterocycles. The lowest BCUT2D eigenvalue weighted by Crippen LogP contribution is -2.51. The van der Waals surface area contributed by atoms with E-state index in [2.05, 4.69) is 20.4 Å². The molecular weight excluding hydrogens is 521 g/mol. The van der Waals surface area contributed by atoms with Gasteiger partial charge in [-0.25, -0.2) is 4.98 Å². The molecule has 1 aromatic carbocycles. The zero-order valence-electron chi connectivity index (χ0n) is 18.0. The average molecular weight is 542 g/mol. The number of morpholine rings is 1. The second-order valence-corrected chi connectivity index (χ2v) is 10.6. The summed E-state index contributed by atoms with van der Waals surface area (Å²) in [6.45, 7) is 4.05. The number of primary amides is 1. The third kappa shape index (κ3) is 6.29. The minimum Gasteiger partial charge on any atom is -0.372 e. The van der Waals surface area contributed by atoms with Gasteiger partial charge in [0.15, 0.2) is 15.8 Å². The molecule has 1 saturated heterocycles. The molecule has 0 radical (unpaired) electrons. The van der Waals surface area contributed by atoms with Gasteiger partial charge in [-0.3, -0.25) is 14.5 Å². The fourth-order valence-corrected chi connectivity index (χ4v) is 5.84. The highest BCUT2D eigenvalue weighted by atomic mass is 35.5. The molecular formula is C21H21Cl2N5O4S2. The van der Waals surface area contributed by atoms with Crippen LogP contribution in [0, 0.1) is 0 Å². The normalized spacial score (nSPS) is 17.4. The predicted molar refractivity (Wildman–Crippen MR) is 131 cm³/mol. The first kappa shape index (κ1) is 25.0. The minimum atomic E-state index is -0.676. The number of aromatic nitrogens is 2. The van der Waals surface area contributed by atoms with E-state index in [1.54, 1.807) is 11.4 Å². The summed E-state index contributed by atoms with van der Waals surface area (Å²) in [5, 5.41) is 9.08. The Morgan fingerprint density at radius 2 is 2.18 bits per heavy atom. The molecule has 1 fully saturated rings. The van der Waals surface area contributed by atoms with E-state index in [1.807, 2.05) is 12.1 Å². The van der Waals surface area contributed by atoms with Crippen LogP contribution in [0.25, 0.3) is 11.5 Å². The van der Waals surface area contributed by atoms with E-state index in [0.29, 0.717) is 45.5 Å². The number of nitrogens with zero attached hydrogens (tertiary/aromatic N) is 3. The molecule has 180 valence electrons. The van der Waals surface area contributed by atoms with E-state index < -0.39 is 5.91 Å². The Kier molecular flexibility index (Phi) is 8.12. The largest absolute Gasteiger partial charge is 0.372 e. The van der Waals surface area contributed by atoms with Crippen molar-refractivity contribution in [1.82, 2.24) is 20.4 Å². The first-order valence-electron chi connectivity index (χ1n) is 10.2. The summed E-state index contributed by atoms with van der Waals surface area (Å²) >= 11 is 15.0. The van der Waals surface area contributed by atoms with Crippen LogP contribution >= 0.6 is 46.3 Å². The quantitative estimate of drug-likeness (QED) is 0.327. The molecule has 3 aromatic rings. The van der Waals surface area contributed by atoms with Crippen LogP contribution in [-0.4, -0.2) is 58.0 Å². The van der Waals surface area contributed by atoms with E-state index in [-0.39, 0.29) is 23.1 Å². The molecule has 34 heavy (non-hydrogen) atoms. The number of thioether (sulfide) groups is 1. The monoisotopic (exact) mass is 541 g/mol. The van der Waals surface area contributed by atoms with Gasteiger partial charge >= 0.3 is 0 Å². The van der Waals surface area contributed by atoms with Crippen molar-refractivity contribution in [3.8, 4) is 11.5 Å². The summed E-state index contributed by atoms with van der Waals surface area (Å²) < 4.78 is 11.9. The summed E-state index contributed by atoms with van der Waals surface area (Å²) in [5.74, 6) is -0.499. The van der Waals surface area contributed by atoms with Crippen molar-refractivity contribution in [2.24, 2.45) is 5.73 Å². The van der Waals surface area contributed by atoms with Gasteiger partial charge in [0.2, 0.25) is 5.91 Å². The smallest absolute Gasteiger partial charge is 0.270 e. The number of halogens is 2. The second-order valence-electron chi connectivity index (χ2n) is 7.57. The van der Waals surface area contributed by atoms with E-state index in [9.17, 15) is 9.59 Å². The standard InChI is InChI=1S/C21H21Cl2N5O4S2/c1-11(29)25-20(34-21-26-16(10-33-21)17-7-15(19(24)30)27-32-17)18-9-28(4-5-31-18)8-12-2-3-13(22)14(23)6-12/h2-3,6-7,10,18,20H,4-5,8-9H2,1H3,(H2,24,30)(H,25,29)/t18-,20-/m0/s1. The Bertz CT molecular complexity index is 1190. The van der Waals surface area contributed by atoms with Crippen LogP contribution in [0.5, 0.6) is 0 Å². The summed E-state index contributed by atoms with van der Waals surface area (Å²) in [5.41, 5.74) is 6.83. The van der Waals surface area contributed by atoms with Crippen molar-refractivity contribution in [1.29, 1.82) is 0 Å². The molecule has 3 N–H and O–H groups in total. The van der Waals surface area contributed by atoms with E-state index in [1.165, 1.54) is 36.1 Å². The topological polar surface area (TPSA) is 124 Å². The van der Waals surface area contributed by atoms with Gasteiger partial charge in [0.25, 0.3) is 5.91 Å². The molecule has 2 amide bonds. The van der Waals surface area contributed by atoms with Gasteiger partial charge in [-0.15, -0.1) is 11.3 Å². The van der Waals surface area contributed by atoms with Crippen molar-refractivity contribution >= 4 is 58.1 Å². The van der Waals surface area contributed by atoms with Crippen molar-refractivity contribution in [2.45, 2.75) is 29.3 Å². The first-order valence-corrected chi connectivity index (χ1v) is 12.7. The van der Waals surface area contributed by atoms with E-state index in [4.69, 9.17) is 38.2 Å². The van der Waals surface area contributed by atoms with Crippen LogP contribution < -0.4 is 11.1 Å². The van der Waals surface area contributed by atoms with Crippen LogP contribution in [0.1, 0.15) is 23.0 Å². The van der Waals surface area contributed by atoms with Crippen molar-refractivity contribution in [3.05, 3.63) is 50.9 Å². The fourth-order valence-electron chi connectivity index (χ4n) is 3.40. The van der Waals surface area contributed by atoms with Crippen molar-refractivity contribution in [3.63, 3.8) is 0 Å². The third-order valence-corrected chi connectivity index (χ3v) is 7.90. The summed E-state index contributed by atoms with van der Waals surface area (Å²) in [4.78, 5) is 30.0. The number of ether oxygens (including phenoxy) is 1. The molecule has 2 aromatic heterocycles. The maximum atomic E-state index is 11.9.